The number of nitrogens with zero attached hydrogens (tertiary/aromatic N) is 3. The molecule has 0 aliphatic heterocycles. The Hall–Kier alpha value is -1.94. The predicted octanol–water partition coefficient (Wildman–Crippen LogP) is 3.29. The average molecular weight is 259 g/mol. The van der Waals surface area contributed by atoms with Crippen LogP contribution < -0.4 is 0 Å². The summed E-state index contributed by atoms with van der Waals surface area (Å²) >= 11 is 6.13. The van der Waals surface area contributed by atoms with E-state index in [2.05, 4.69) is 33.2 Å². The van der Waals surface area contributed by atoms with E-state index in [0.717, 1.165) is 16.5 Å². The number of fused-ring (bicyclic) bond motifs is 1. The zero-order valence-corrected chi connectivity index (χ0v) is 10.8. The van der Waals surface area contributed by atoms with E-state index in [4.69, 9.17) is 11.6 Å². The number of aromatic amines is 1. The average Bonchev–Trinajstić information content (AvgIpc) is 2.77. The summed E-state index contributed by atoms with van der Waals surface area (Å²) in [5, 5.41) is 7.90. The topological polar surface area (TPSA) is 54.5 Å². The molecule has 2 heterocycles. The quantitative estimate of drug-likeness (QED) is 0.682. The van der Waals surface area contributed by atoms with Crippen molar-refractivity contribution in [2.24, 2.45) is 0 Å². The third kappa shape index (κ3) is 1.75. The Morgan fingerprint density at radius 2 is 2.00 bits per heavy atom. The highest BCUT2D eigenvalue weighted by molar-refractivity contribution is 6.34. The van der Waals surface area contributed by atoms with Crippen molar-refractivity contribution < 1.29 is 0 Å². The van der Waals surface area contributed by atoms with Crippen LogP contribution in [0.4, 0.5) is 0 Å². The summed E-state index contributed by atoms with van der Waals surface area (Å²) in [5.41, 5.74) is 3.99. The predicted molar refractivity (Wildman–Crippen MR) is 71.6 cm³/mol. The van der Waals surface area contributed by atoms with E-state index >= 15 is 0 Å². The highest BCUT2D eigenvalue weighted by atomic mass is 35.5. The lowest BCUT2D eigenvalue weighted by Gasteiger charge is -2.06. The van der Waals surface area contributed by atoms with E-state index in [1.165, 1.54) is 5.56 Å². The molecule has 1 N–H and O–H groups in total. The maximum Gasteiger partial charge on any atom is 0.163 e. The lowest BCUT2D eigenvalue weighted by Crippen LogP contribution is -1.93. The van der Waals surface area contributed by atoms with Crippen molar-refractivity contribution in [1.82, 2.24) is 20.2 Å². The van der Waals surface area contributed by atoms with Crippen LogP contribution in [0.5, 0.6) is 0 Å². The van der Waals surface area contributed by atoms with Gasteiger partial charge in [-0.25, -0.2) is 9.97 Å². The molecular formula is C13H11ClN4. The molecule has 0 aliphatic rings. The summed E-state index contributed by atoms with van der Waals surface area (Å²) in [6.07, 6.45) is 1.63. The minimum Gasteiger partial charge on any atom is -0.261 e. The van der Waals surface area contributed by atoms with Gasteiger partial charge in [0.25, 0.3) is 0 Å². The van der Waals surface area contributed by atoms with Crippen LogP contribution in [0.1, 0.15) is 11.1 Å². The molecule has 0 saturated carbocycles. The molecule has 0 fully saturated rings. The number of hydrogen-bond acceptors (Lipinski definition) is 3. The molecule has 0 aliphatic carbocycles. The number of H-pyrrole nitrogens is 1. The molecule has 0 amide bonds. The highest BCUT2D eigenvalue weighted by Gasteiger charge is 2.10. The van der Waals surface area contributed by atoms with E-state index < -0.39 is 0 Å². The van der Waals surface area contributed by atoms with Gasteiger partial charge in [-0.1, -0.05) is 35.4 Å². The largest absolute Gasteiger partial charge is 0.261 e. The Balaban J connectivity index is 2.24. The van der Waals surface area contributed by atoms with Gasteiger partial charge in [0.15, 0.2) is 11.5 Å². The monoisotopic (exact) mass is 258 g/mol. The first-order valence-corrected chi connectivity index (χ1v) is 5.97. The van der Waals surface area contributed by atoms with E-state index in [-0.39, 0.29) is 0 Å². The minimum absolute atomic E-state index is 0.420. The Morgan fingerprint density at radius 1 is 1.17 bits per heavy atom. The molecule has 4 nitrogen and oxygen atoms in total. The minimum atomic E-state index is 0.420. The Labute approximate surface area is 109 Å². The smallest absolute Gasteiger partial charge is 0.163 e. The molecular weight excluding hydrogens is 248 g/mol. The van der Waals surface area contributed by atoms with Crippen LogP contribution >= 0.6 is 11.6 Å². The molecule has 3 rings (SSSR count). The van der Waals surface area contributed by atoms with Crippen molar-refractivity contribution in [3.05, 3.63) is 40.7 Å². The van der Waals surface area contributed by atoms with Gasteiger partial charge in [0, 0.05) is 5.56 Å². The molecule has 0 unspecified atom stereocenters. The molecule has 3 aromatic rings. The van der Waals surface area contributed by atoms with Crippen LogP contribution in [0.25, 0.3) is 22.4 Å². The Kier molecular flexibility index (Phi) is 2.52. The summed E-state index contributed by atoms with van der Waals surface area (Å²) < 4.78 is 0. The number of nitrogens with one attached hydrogen (secondary N) is 1. The summed E-state index contributed by atoms with van der Waals surface area (Å²) in [6.45, 7) is 4.10. The van der Waals surface area contributed by atoms with Crippen molar-refractivity contribution in [2.75, 3.05) is 0 Å². The van der Waals surface area contributed by atoms with Gasteiger partial charge in [-0.15, -0.1) is 0 Å². The summed E-state index contributed by atoms with van der Waals surface area (Å²) in [5.74, 6) is 0.620. The van der Waals surface area contributed by atoms with Gasteiger partial charge in [-0.3, -0.25) is 5.10 Å². The van der Waals surface area contributed by atoms with Crippen LogP contribution in [0, 0.1) is 13.8 Å². The lowest BCUT2D eigenvalue weighted by atomic mass is 10.1. The number of aromatic nitrogens is 4. The number of hydrogen-bond donors (Lipinski definition) is 1. The van der Waals surface area contributed by atoms with Crippen molar-refractivity contribution in [3.63, 3.8) is 0 Å². The van der Waals surface area contributed by atoms with Crippen LogP contribution in [0.2, 0.25) is 5.15 Å². The molecule has 2 aromatic heterocycles. The van der Waals surface area contributed by atoms with E-state index in [9.17, 15) is 0 Å². The first kappa shape index (κ1) is 11.2. The second kappa shape index (κ2) is 4.07. The number of rotatable bonds is 1. The standard InChI is InChI=1S/C13H11ClN4/c1-7-3-4-9(8(2)5-7)12-16-11(14)10-6-15-18-13(10)17-12/h3-6H,1-2H3,(H,15,16,17,18). The van der Waals surface area contributed by atoms with Gasteiger partial charge in [0.05, 0.1) is 11.6 Å². The number of halogens is 1. The van der Waals surface area contributed by atoms with Crippen molar-refractivity contribution >= 4 is 22.6 Å². The van der Waals surface area contributed by atoms with Gasteiger partial charge in [0.1, 0.15) is 5.15 Å². The highest BCUT2D eigenvalue weighted by Crippen LogP contribution is 2.25. The lowest BCUT2D eigenvalue weighted by molar-refractivity contribution is 1.09. The van der Waals surface area contributed by atoms with Crippen LogP contribution in [0.15, 0.2) is 24.4 Å². The second-order valence-corrected chi connectivity index (χ2v) is 4.65. The maximum atomic E-state index is 6.13. The van der Waals surface area contributed by atoms with Crippen molar-refractivity contribution in [1.29, 1.82) is 0 Å². The van der Waals surface area contributed by atoms with Gasteiger partial charge >= 0.3 is 0 Å². The van der Waals surface area contributed by atoms with Crippen LogP contribution in [-0.2, 0) is 0 Å². The van der Waals surface area contributed by atoms with Gasteiger partial charge in [-0.2, -0.15) is 5.10 Å². The zero-order chi connectivity index (χ0) is 12.7. The number of aryl methyl sites for hydroxylation is 2. The fourth-order valence-corrected chi connectivity index (χ4v) is 2.20. The van der Waals surface area contributed by atoms with Gasteiger partial charge in [0.2, 0.25) is 0 Å². The fraction of sp³-hybridized carbons (Fsp3) is 0.154. The zero-order valence-electron chi connectivity index (χ0n) is 10.0. The van der Waals surface area contributed by atoms with Crippen LogP contribution in [-0.4, -0.2) is 20.2 Å². The Bertz CT molecular complexity index is 733. The Morgan fingerprint density at radius 3 is 2.78 bits per heavy atom. The first-order chi connectivity index (χ1) is 8.65. The molecule has 0 bridgehead atoms. The summed E-state index contributed by atoms with van der Waals surface area (Å²) in [4.78, 5) is 8.77. The molecule has 1 aromatic carbocycles. The second-order valence-electron chi connectivity index (χ2n) is 4.29. The fourth-order valence-electron chi connectivity index (χ4n) is 1.98. The number of benzene rings is 1. The van der Waals surface area contributed by atoms with E-state index in [1.54, 1.807) is 6.20 Å². The third-order valence-corrected chi connectivity index (χ3v) is 3.17. The normalized spacial score (nSPS) is 11.1. The first-order valence-electron chi connectivity index (χ1n) is 5.59. The molecule has 5 heteroatoms. The molecule has 0 spiro atoms. The summed E-state index contributed by atoms with van der Waals surface area (Å²) in [7, 11) is 0. The summed E-state index contributed by atoms with van der Waals surface area (Å²) in [6, 6.07) is 6.15. The molecule has 18 heavy (non-hydrogen) atoms. The molecule has 0 atom stereocenters. The third-order valence-electron chi connectivity index (χ3n) is 2.89. The molecule has 90 valence electrons. The van der Waals surface area contributed by atoms with Crippen LogP contribution in [0.3, 0.4) is 0 Å². The van der Waals surface area contributed by atoms with Crippen molar-refractivity contribution in [3.8, 4) is 11.4 Å². The molecule has 0 radical (unpaired) electrons. The van der Waals surface area contributed by atoms with Gasteiger partial charge in [-0.05, 0) is 19.4 Å². The van der Waals surface area contributed by atoms with Gasteiger partial charge < -0.3 is 0 Å². The van der Waals surface area contributed by atoms with Crippen molar-refractivity contribution in [2.45, 2.75) is 13.8 Å². The van der Waals surface area contributed by atoms with E-state index in [1.807, 2.05) is 19.1 Å². The van der Waals surface area contributed by atoms with E-state index in [0.29, 0.717) is 16.6 Å². The SMILES string of the molecule is Cc1ccc(-c2nc(Cl)c3cn[nH]c3n2)c(C)c1. The molecule has 0 saturated heterocycles. The maximum absolute atomic E-state index is 6.13.